The number of thioether (sulfide) groups is 1. The van der Waals surface area contributed by atoms with Crippen LogP contribution in [-0.4, -0.2) is 33.5 Å². The van der Waals surface area contributed by atoms with Crippen molar-refractivity contribution >= 4 is 45.4 Å². The fourth-order valence-electron chi connectivity index (χ4n) is 2.49. The van der Waals surface area contributed by atoms with Gasteiger partial charge in [0.1, 0.15) is 17.8 Å². The van der Waals surface area contributed by atoms with Crippen LogP contribution in [0.3, 0.4) is 0 Å². The molecule has 0 aliphatic carbocycles. The molecule has 1 aliphatic heterocycles. The minimum Gasteiger partial charge on any atom is -0.324 e. The number of hydrogen-bond donors (Lipinski definition) is 1. The smallest absolute Gasteiger partial charge is 0.285 e. The number of carbonyl (C=O) groups is 1. The third kappa shape index (κ3) is 3.85. The minimum absolute atomic E-state index is 0.0288. The van der Waals surface area contributed by atoms with E-state index in [0.717, 1.165) is 10.5 Å². The summed E-state index contributed by atoms with van der Waals surface area (Å²) in [5.74, 6) is -0.253. The summed E-state index contributed by atoms with van der Waals surface area (Å²) in [6.45, 7) is 1.84. The van der Waals surface area contributed by atoms with Crippen LogP contribution >= 0.6 is 11.8 Å². The lowest BCUT2D eigenvalue weighted by atomic mass is 10.2. The Kier molecular flexibility index (Phi) is 4.82. The van der Waals surface area contributed by atoms with Crippen LogP contribution in [0.2, 0.25) is 0 Å². The zero-order chi connectivity index (χ0) is 18.0. The van der Waals surface area contributed by atoms with Gasteiger partial charge in [-0.3, -0.25) is 4.79 Å². The Bertz CT molecular complexity index is 955. The molecular weight excluding hydrogens is 358 g/mol. The summed E-state index contributed by atoms with van der Waals surface area (Å²) in [7, 11) is -3.70. The van der Waals surface area contributed by atoms with Gasteiger partial charge in [0.2, 0.25) is 5.91 Å². The van der Waals surface area contributed by atoms with E-state index in [1.807, 2.05) is 37.4 Å². The number of fused-ring (bicyclic) bond motifs is 1. The lowest BCUT2D eigenvalue weighted by Crippen LogP contribution is -2.35. The summed E-state index contributed by atoms with van der Waals surface area (Å²) in [4.78, 5) is 15.1. The molecule has 2 aromatic carbocycles. The molecule has 0 atom stereocenters. The van der Waals surface area contributed by atoms with Crippen LogP contribution in [0.25, 0.3) is 0 Å². The largest absolute Gasteiger partial charge is 0.324 e. The van der Waals surface area contributed by atoms with Crippen LogP contribution in [0.1, 0.15) is 5.56 Å². The number of anilines is 2. The van der Waals surface area contributed by atoms with E-state index in [1.54, 1.807) is 23.9 Å². The maximum atomic E-state index is 12.4. The van der Waals surface area contributed by atoms with Crippen molar-refractivity contribution in [3.63, 3.8) is 0 Å². The van der Waals surface area contributed by atoms with E-state index < -0.39 is 10.0 Å². The number of benzene rings is 2. The molecule has 0 spiro atoms. The predicted molar refractivity (Wildman–Crippen MR) is 101 cm³/mol. The average Bonchev–Trinajstić information content (AvgIpc) is 2.57. The molecule has 130 valence electrons. The van der Waals surface area contributed by atoms with Crippen molar-refractivity contribution in [3.8, 4) is 0 Å². The lowest BCUT2D eigenvalue weighted by molar-refractivity contribution is -0.114. The molecule has 8 heteroatoms. The molecule has 1 heterocycles. The Morgan fingerprint density at radius 1 is 1.24 bits per heavy atom. The molecule has 0 fully saturated rings. The van der Waals surface area contributed by atoms with Gasteiger partial charge in [-0.15, -0.1) is 16.2 Å². The highest BCUT2D eigenvalue weighted by Crippen LogP contribution is 2.30. The SMILES string of the molecule is CSc1cccc(NC(=O)CN2C=NS(=O)(=O)c3ccc(C)cc32)c1. The summed E-state index contributed by atoms with van der Waals surface area (Å²) in [6.07, 6.45) is 3.15. The highest BCUT2D eigenvalue weighted by molar-refractivity contribution is 7.98. The van der Waals surface area contributed by atoms with E-state index in [9.17, 15) is 13.2 Å². The zero-order valence-electron chi connectivity index (χ0n) is 13.8. The standard InChI is InChI=1S/C17H17N3O3S2/c1-12-6-7-16-15(8-12)20(11-18-25(16,22)23)10-17(21)19-13-4-3-5-14(9-13)24-2/h3-9,11H,10H2,1-2H3,(H,19,21). The number of carbonyl (C=O) groups excluding carboxylic acids is 1. The first-order valence-electron chi connectivity index (χ1n) is 7.51. The van der Waals surface area contributed by atoms with Gasteiger partial charge >= 0.3 is 0 Å². The number of rotatable bonds is 4. The number of nitrogens with one attached hydrogen (secondary N) is 1. The van der Waals surface area contributed by atoms with Crippen LogP contribution < -0.4 is 10.2 Å². The highest BCUT2D eigenvalue weighted by Gasteiger charge is 2.26. The highest BCUT2D eigenvalue weighted by atomic mass is 32.2. The first-order valence-corrected chi connectivity index (χ1v) is 10.2. The second-order valence-electron chi connectivity index (χ2n) is 5.58. The molecule has 1 aliphatic rings. The van der Waals surface area contributed by atoms with Gasteiger partial charge in [0.05, 0.1) is 5.69 Å². The van der Waals surface area contributed by atoms with Gasteiger partial charge in [-0.1, -0.05) is 12.1 Å². The van der Waals surface area contributed by atoms with E-state index in [0.29, 0.717) is 11.4 Å². The first kappa shape index (κ1) is 17.5. The van der Waals surface area contributed by atoms with Crippen LogP contribution in [0.15, 0.2) is 56.7 Å². The average molecular weight is 375 g/mol. The van der Waals surface area contributed by atoms with Crippen molar-refractivity contribution in [1.82, 2.24) is 0 Å². The fraction of sp³-hybridized carbons (Fsp3) is 0.176. The molecule has 6 nitrogen and oxygen atoms in total. The quantitative estimate of drug-likeness (QED) is 0.832. The van der Waals surface area contributed by atoms with Crippen LogP contribution in [0, 0.1) is 6.92 Å². The maximum Gasteiger partial charge on any atom is 0.285 e. The molecule has 25 heavy (non-hydrogen) atoms. The summed E-state index contributed by atoms with van der Waals surface area (Å²) >= 11 is 1.59. The second-order valence-corrected chi connectivity index (χ2v) is 8.06. The number of nitrogens with zero attached hydrogens (tertiary/aromatic N) is 2. The molecule has 2 aromatic rings. The van der Waals surface area contributed by atoms with Crippen molar-refractivity contribution in [3.05, 3.63) is 48.0 Å². The van der Waals surface area contributed by atoms with E-state index in [1.165, 1.54) is 17.3 Å². The Labute approximate surface area is 151 Å². The van der Waals surface area contributed by atoms with Crippen molar-refractivity contribution in [2.75, 3.05) is 23.0 Å². The normalized spacial score (nSPS) is 14.9. The molecular formula is C17H17N3O3S2. The van der Waals surface area contributed by atoms with E-state index in [-0.39, 0.29) is 17.3 Å². The second kappa shape index (κ2) is 6.89. The predicted octanol–water partition coefficient (Wildman–Crippen LogP) is 2.89. The molecule has 0 unspecified atom stereocenters. The van der Waals surface area contributed by atoms with Crippen molar-refractivity contribution < 1.29 is 13.2 Å². The van der Waals surface area contributed by atoms with Crippen molar-refractivity contribution in [2.24, 2.45) is 4.40 Å². The molecule has 1 N–H and O–H groups in total. The third-order valence-electron chi connectivity index (χ3n) is 3.69. The summed E-state index contributed by atoms with van der Waals surface area (Å²) in [5.41, 5.74) is 2.06. The van der Waals surface area contributed by atoms with E-state index in [2.05, 4.69) is 9.71 Å². The third-order valence-corrected chi connectivity index (χ3v) is 5.69. The van der Waals surface area contributed by atoms with Gasteiger partial charge in [-0.05, 0) is 49.1 Å². The minimum atomic E-state index is -3.70. The molecule has 0 bridgehead atoms. The Morgan fingerprint density at radius 2 is 2.04 bits per heavy atom. The summed E-state index contributed by atoms with van der Waals surface area (Å²) < 4.78 is 27.7. The molecule has 0 aromatic heterocycles. The Balaban J connectivity index is 1.81. The van der Waals surface area contributed by atoms with E-state index >= 15 is 0 Å². The molecule has 0 saturated carbocycles. The molecule has 0 saturated heterocycles. The summed E-state index contributed by atoms with van der Waals surface area (Å²) in [6, 6.07) is 12.5. The maximum absolute atomic E-state index is 12.4. The van der Waals surface area contributed by atoms with Crippen LogP contribution in [0.5, 0.6) is 0 Å². The number of sulfonamides is 1. The van der Waals surface area contributed by atoms with Crippen molar-refractivity contribution in [2.45, 2.75) is 16.7 Å². The summed E-state index contributed by atoms with van der Waals surface area (Å²) in [5, 5.41) is 2.83. The van der Waals surface area contributed by atoms with Gasteiger partial charge in [0.25, 0.3) is 10.0 Å². The van der Waals surface area contributed by atoms with Gasteiger partial charge in [-0.25, -0.2) is 0 Å². The number of amides is 1. The first-order chi connectivity index (χ1) is 11.9. The molecule has 0 radical (unpaired) electrons. The number of hydrogen-bond acceptors (Lipinski definition) is 5. The van der Waals surface area contributed by atoms with Crippen LogP contribution in [0.4, 0.5) is 11.4 Å². The fourth-order valence-corrected chi connectivity index (χ4v) is 3.98. The molecule has 1 amide bonds. The van der Waals surface area contributed by atoms with Gasteiger partial charge in [0, 0.05) is 10.6 Å². The van der Waals surface area contributed by atoms with Gasteiger partial charge < -0.3 is 10.2 Å². The Hall–Kier alpha value is -2.32. The lowest BCUT2D eigenvalue weighted by Gasteiger charge is -2.25. The number of aryl methyl sites for hydroxylation is 1. The van der Waals surface area contributed by atoms with Gasteiger partial charge in [0.15, 0.2) is 0 Å². The zero-order valence-corrected chi connectivity index (χ0v) is 15.4. The monoisotopic (exact) mass is 375 g/mol. The molecule has 3 rings (SSSR count). The van der Waals surface area contributed by atoms with Crippen molar-refractivity contribution in [1.29, 1.82) is 0 Å². The van der Waals surface area contributed by atoms with E-state index in [4.69, 9.17) is 0 Å². The van der Waals surface area contributed by atoms with Crippen LogP contribution in [-0.2, 0) is 14.8 Å². The van der Waals surface area contributed by atoms with Gasteiger partial charge in [-0.2, -0.15) is 8.42 Å². The Morgan fingerprint density at radius 3 is 2.80 bits per heavy atom. The topological polar surface area (TPSA) is 78.8 Å².